The van der Waals surface area contributed by atoms with E-state index in [1.807, 2.05) is 29.0 Å². The minimum atomic E-state index is 0.151. The van der Waals surface area contributed by atoms with E-state index >= 15 is 0 Å². The second-order valence-electron chi connectivity index (χ2n) is 3.42. The van der Waals surface area contributed by atoms with Gasteiger partial charge in [-0.2, -0.15) is 0 Å². The first-order chi connectivity index (χ1) is 7.40. The topological polar surface area (TPSA) is 38.0 Å². The van der Waals surface area contributed by atoms with Gasteiger partial charge in [0, 0.05) is 25.4 Å². The number of aromatic nitrogens is 2. The lowest BCUT2D eigenvalue weighted by Crippen LogP contribution is -2.06. The Bertz CT molecular complexity index is 409. The number of aliphatic hydroxyl groups is 1. The molecule has 0 amide bonds. The fourth-order valence-electron chi connectivity index (χ4n) is 1.60. The third-order valence-electron chi connectivity index (χ3n) is 2.35. The van der Waals surface area contributed by atoms with Crippen molar-refractivity contribution in [2.45, 2.75) is 13.0 Å². The Labute approximate surface area is 89.0 Å². The molecule has 0 fully saturated rings. The first-order valence-corrected chi connectivity index (χ1v) is 5.05. The zero-order valence-corrected chi connectivity index (χ0v) is 8.50. The van der Waals surface area contributed by atoms with Crippen LogP contribution in [0.1, 0.15) is 11.4 Å². The van der Waals surface area contributed by atoms with Crippen molar-refractivity contribution in [2.24, 2.45) is 0 Å². The maximum atomic E-state index is 8.88. The largest absolute Gasteiger partial charge is 0.395 e. The van der Waals surface area contributed by atoms with Gasteiger partial charge in [0.05, 0.1) is 6.61 Å². The molecule has 0 saturated heterocycles. The Hall–Kier alpha value is -1.61. The van der Waals surface area contributed by atoms with Gasteiger partial charge in [-0.25, -0.2) is 4.98 Å². The van der Waals surface area contributed by atoms with Crippen LogP contribution < -0.4 is 0 Å². The fraction of sp³-hybridized carbons (Fsp3) is 0.250. The van der Waals surface area contributed by atoms with Gasteiger partial charge in [-0.3, -0.25) is 0 Å². The van der Waals surface area contributed by atoms with E-state index in [9.17, 15) is 0 Å². The lowest BCUT2D eigenvalue weighted by Gasteiger charge is -2.05. The second kappa shape index (κ2) is 4.75. The first-order valence-electron chi connectivity index (χ1n) is 5.05. The molecule has 0 radical (unpaired) electrons. The highest BCUT2D eigenvalue weighted by atomic mass is 16.3. The van der Waals surface area contributed by atoms with Gasteiger partial charge < -0.3 is 9.67 Å². The molecule has 2 rings (SSSR count). The molecule has 1 aromatic heterocycles. The second-order valence-corrected chi connectivity index (χ2v) is 3.42. The summed E-state index contributed by atoms with van der Waals surface area (Å²) in [5.41, 5.74) is 1.24. The molecule has 3 nitrogen and oxygen atoms in total. The van der Waals surface area contributed by atoms with Gasteiger partial charge in [0.1, 0.15) is 5.82 Å². The standard InChI is InChI=1S/C12H14N2O/c15-9-8-14-7-6-13-12(14)10-11-4-2-1-3-5-11/h1-7,15H,8-10H2. The lowest BCUT2D eigenvalue weighted by molar-refractivity contribution is 0.274. The van der Waals surface area contributed by atoms with Crippen molar-refractivity contribution >= 4 is 0 Å². The normalized spacial score (nSPS) is 10.5. The molecule has 1 N–H and O–H groups in total. The van der Waals surface area contributed by atoms with Crippen molar-refractivity contribution in [1.82, 2.24) is 9.55 Å². The van der Waals surface area contributed by atoms with Crippen LogP contribution in [0, 0.1) is 0 Å². The lowest BCUT2D eigenvalue weighted by atomic mass is 10.1. The number of nitrogens with zero attached hydrogens (tertiary/aromatic N) is 2. The molecule has 15 heavy (non-hydrogen) atoms. The highest BCUT2D eigenvalue weighted by Crippen LogP contribution is 2.07. The van der Waals surface area contributed by atoms with Gasteiger partial charge >= 0.3 is 0 Å². The van der Waals surface area contributed by atoms with E-state index in [1.54, 1.807) is 6.20 Å². The smallest absolute Gasteiger partial charge is 0.113 e. The Morgan fingerprint density at radius 1 is 1.20 bits per heavy atom. The summed E-state index contributed by atoms with van der Waals surface area (Å²) in [6.45, 7) is 0.764. The van der Waals surface area contributed by atoms with E-state index in [1.165, 1.54) is 5.56 Å². The first kappa shape index (κ1) is 9.93. The van der Waals surface area contributed by atoms with Gasteiger partial charge in [0.2, 0.25) is 0 Å². The highest BCUT2D eigenvalue weighted by Gasteiger charge is 2.02. The zero-order valence-electron chi connectivity index (χ0n) is 8.50. The number of hydrogen-bond acceptors (Lipinski definition) is 2. The summed E-state index contributed by atoms with van der Waals surface area (Å²) in [6, 6.07) is 10.2. The van der Waals surface area contributed by atoms with Crippen LogP contribution in [0.3, 0.4) is 0 Å². The number of hydrogen-bond donors (Lipinski definition) is 1. The van der Waals surface area contributed by atoms with E-state index in [2.05, 4.69) is 17.1 Å². The fourth-order valence-corrected chi connectivity index (χ4v) is 1.60. The number of imidazole rings is 1. The molecule has 0 bridgehead atoms. The molecule has 0 aliphatic heterocycles. The van der Waals surface area contributed by atoms with Crippen molar-refractivity contribution in [3.05, 3.63) is 54.1 Å². The van der Waals surface area contributed by atoms with Gasteiger partial charge in [0.25, 0.3) is 0 Å². The van der Waals surface area contributed by atoms with Crippen LogP contribution in [0.4, 0.5) is 0 Å². The Kier molecular flexibility index (Phi) is 3.15. The summed E-state index contributed by atoms with van der Waals surface area (Å²) >= 11 is 0. The molecule has 2 aromatic rings. The molecule has 1 heterocycles. The van der Waals surface area contributed by atoms with Crippen LogP contribution in [0.25, 0.3) is 0 Å². The van der Waals surface area contributed by atoms with E-state index in [0.29, 0.717) is 6.54 Å². The van der Waals surface area contributed by atoms with Gasteiger partial charge in [-0.05, 0) is 5.56 Å². The van der Waals surface area contributed by atoms with Crippen LogP contribution in [0.5, 0.6) is 0 Å². The van der Waals surface area contributed by atoms with Crippen molar-refractivity contribution in [3.8, 4) is 0 Å². The molecule has 0 aliphatic carbocycles. The molecule has 0 spiro atoms. The number of aliphatic hydroxyl groups excluding tert-OH is 1. The molecule has 0 saturated carbocycles. The maximum absolute atomic E-state index is 8.88. The van der Waals surface area contributed by atoms with Crippen LogP contribution in [0.15, 0.2) is 42.7 Å². The minimum Gasteiger partial charge on any atom is -0.395 e. The van der Waals surface area contributed by atoms with Crippen molar-refractivity contribution < 1.29 is 5.11 Å². The summed E-state index contributed by atoms with van der Waals surface area (Å²) in [5, 5.41) is 8.88. The summed E-state index contributed by atoms with van der Waals surface area (Å²) in [5.74, 6) is 0.996. The van der Waals surface area contributed by atoms with Crippen molar-refractivity contribution in [1.29, 1.82) is 0 Å². The van der Waals surface area contributed by atoms with Crippen LogP contribution >= 0.6 is 0 Å². The van der Waals surface area contributed by atoms with Gasteiger partial charge in [-0.15, -0.1) is 0 Å². The monoisotopic (exact) mass is 202 g/mol. The van der Waals surface area contributed by atoms with Crippen molar-refractivity contribution in [3.63, 3.8) is 0 Å². The molecule has 1 aromatic carbocycles. The third-order valence-corrected chi connectivity index (χ3v) is 2.35. The van der Waals surface area contributed by atoms with E-state index in [4.69, 9.17) is 5.11 Å². The Morgan fingerprint density at radius 2 is 2.00 bits per heavy atom. The quantitative estimate of drug-likeness (QED) is 0.815. The average molecular weight is 202 g/mol. The molecule has 0 unspecified atom stereocenters. The molecular weight excluding hydrogens is 188 g/mol. The summed E-state index contributed by atoms with van der Waals surface area (Å²) in [6.07, 6.45) is 4.48. The zero-order chi connectivity index (χ0) is 10.5. The third kappa shape index (κ3) is 2.44. The van der Waals surface area contributed by atoms with E-state index < -0.39 is 0 Å². The molecule has 3 heteroatoms. The van der Waals surface area contributed by atoms with Gasteiger partial charge in [-0.1, -0.05) is 30.3 Å². The molecule has 0 atom stereocenters. The summed E-state index contributed by atoms with van der Waals surface area (Å²) in [7, 11) is 0. The van der Waals surface area contributed by atoms with Crippen LogP contribution in [-0.4, -0.2) is 21.3 Å². The van der Waals surface area contributed by atoms with Gasteiger partial charge in [0.15, 0.2) is 0 Å². The predicted octanol–water partition coefficient (Wildman–Crippen LogP) is 1.47. The average Bonchev–Trinajstić information content (AvgIpc) is 2.68. The summed E-state index contributed by atoms with van der Waals surface area (Å²) in [4.78, 5) is 4.28. The van der Waals surface area contributed by atoms with E-state index in [-0.39, 0.29) is 6.61 Å². The SMILES string of the molecule is OCCn1ccnc1Cc1ccccc1. The number of rotatable bonds is 4. The van der Waals surface area contributed by atoms with E-state index in [0.717, 1.165) is 12.2 Å². The van der Waals surface area contributed by atoms with Crippen LogP contribution in [0.2, 0.25) is 0 Å². The summed E-state index contributed by atoms with van der Waals surface area (Å²) < 4.78 is 1.98. The van der Waals surface area contributed by atoms with Crippen molar-refractivity contribution in [2.75, 3.05) is 6.61 Å². The molecule has 78 valence electrons. The Morgan fingerprint density at radius 3 is 2.73 bits per heavy atom. The highest BCUT2D eigenvalue weighted by molar-refractivity contribution is 5.19. The molecular formula is C12H14N2O. The van der Waals surface area contributed by atoms with Crippen LogP contribution in [-0.2, 0) is 13.0 Å². The minimum absolute atomic E-state index is 0.151. The number of benzene rings is 1. The molecule has 0 aliphatic rings. The predicted molar refractivity (Wildman–Crippen MR) is 58.6 cm³/mol. The Balaban J connectivity index is 2.14. The maximum Gasteiger partial charge on any atom is 0.113 e.